The van der Waals surface area contributed by atoms with Gasteiger partial charge in [-0.2, -0.15) is 0 Å². The van der Waals surface area contributed by atoms with Crippen LogP contribution in [0.4, 0.5) is 11.4 Å². The molecule has 2 aromatic rings. The van der Waals surface area contributed by atoms with Gasteiger partial charge in [0.05, 0.1) is 13.2 Å². The van der Waals surface area contributed by atoms with Crippen LogP contribution in [0, 0.1) is 13.8 Å². The van der Waals surface area contributed by atoms with E-state index in [0.29, 0.717) is 24.4 Å². The second kappa shape index (κ2) is 9.58. The monoisotopic (exact) mass is 355 g/mol. The number of hydrogen-bond acceptors (Lipinski definition) is 4. The highest BCUT2D eigenvalue weighted by Crippen LogP contribution is 2.16. The van der Waals surface area contributed by atoms with Crippen LogP contribution >= 0.6 is 0 Å². The van der Waals surface area contributed by atoms with Gasteiger partial charge in [0.2, 0.25) is 5.91 Å². The molecule has 6 heteroatoms. The van der Waals surface area contributed by atoms with E-state index in [-0.39, 0.29) is 18.4 Å². The topological polar surface area (TPSA) is 79.5 Å². The molecule has 0 aromatic heterocycles. The first-order valence-corrected chi connectivity index (χ1v) is 8.48. The third kappa shape index (κ3) is 5.89. The molecule has 0 saturated carbocycles. The summed E-state index contributed by atoms with van der Waals surface area (Å²) >= 11 is 0. The van der Waals surface area contributed by atoms with Crippen molar-refractivity contribution in [1.82, 2.24) is 5.32 Å². The fourth-order valence-corrected chi connectivity index (χ4v) is 2.47. The summed E-state index contributed by atoms with van der Waals surface area (Å²) in [5.74, 6) is -0.322. The normalized spacial score (nSPS) is 10.3. The lowest BCUT2D eigenvalue weighted by Gasteiger charge is -2.11. The molecule has 2 rings (SSSR count). The highest BCUT2D eigenvalue weighted by molar-refractivity contribution is 5.96. The van der Waals surface area contributed by atoms with Crippen LogP contribution in [0.3, 0.4) is 0 Å². The van der Waals surface area contributed by atoms with Gasteiger partial charge in [-0.25, -0.2) is 0 Å². The summed E-state index contributed by atoms with van der Waals surface area (Å²) in [4.78, 5) is 24.2. The molecular formula is C20H25N3O3. The number of methoxy groups -OCH3 is 1. The first kappa shape index (κ1) is 19.5. The van der Waals surface area contributed by atoms with E-state index >= 15 is 0 Å². The summed E-state index contributed by atoms with van der Waals surface area (Å²) < 4.78 is 4.91. The zero-order valence-corrected chi connectivity index (χ0v) is 15.4. The quantitative estimate of drug-likeness (QED) is 0.636. The van der Waals surface area contributed by atoms with Crippen molar-refractivity contribution in [3.8, 4) is 0 Å². The van der Waals surface area contributed by atoms with Crippen molar-refractivity contribution in [3.63, 3.8) is 0 Å². The highest BCUT2D eigenvalue weighted by Gasteiger charge is 2.08. The second-order valence-electron chi connectivity index (χ2n) is 6.05. The minimum Gasteiger partial charge on any atom is -0.383 e. The number of benzene rings is 2. The van der Waals surface area contributed by atoms with Crippen LogP contribution in [0.25, 0.3) is 0 Å². The summed E-state index contributed by atoms with van der Waals surface area (Å²) in [6.07, 6.45) is 0. The van der Waals surface area contributed by atoms with E-state index in [9.17, 15) is 9.59 Å². The Morgan fingerprint density at radius 1 is 1.08 bits per heavy atom. The minimum absolute atomic E-state index is 0.113. The van der Waals surface area contributed by atoms with Crippen molar-refractivity contribution in [2.75, 3.05) is 37.4 Å². The van der Waals surface area contributed by atoms with Gasteiger partial charge in [-0.3, -0.25) is 9.59 Å². The van der Waals surface area contributed by atoms with Gasteiger partial charge in [-0.05, 0) is 43.7 Å². The maximum absolute atomic E-state index is 12.1. The van der Waals surface area contributed by atoms with Gasteiger partial charge in [0.1, 0.15) is 0 Å². The Bertz CT molecular complexity index is 775. The number of amides is 2. The van der Waals surface area contributed by atoms with Gasteiger partial charge in [-0.15, -0.1) is 0 Å². The number of anilines is 2. The third-order valence-electron chi connectivity index (χ3n) is 3.83. The average molecular weight is 355 g/mol. The first-order valence-electron chi connectivity index (χ1n) is 8.48. The van der Waals surface area contributed by atoms with Crippen molar-refractivity contribution < 1.29 is 14.3 Å². The Morgan fingerprint density at radius 2 is 1.88 bits per heavy atom. The number of carbonyl (C=O) groups is 2. The molecule has 0 unspecified atom stereocenters. The maximum Gasteiger partial charge on any atom is 0.251 e. The van der Waals surface area contributed by atoms with Crippen molar-refractivity contribution in [2.45, 2.75) is 13.8 Å². The minimum atomic E-state index is -0.176. The molecule has 138 valence electrons. The first-order chi connectivity index (χ1) is 12.5. The van der Waals surface area contributed by atoms with Crippen molar-refractivity contribution in [1.29, 1.82) is 0 Å². The number of hydrogen-bond donors (Lipinski definition) is 3. The Kier molecular flexibility index (Phi) is 7.17. The van der Waals surface area contributed by atoms with Crippen LogP contribution < -0.4 is 16.0 Å². The lowest BCUT2D eigenvalue weighted by molar-refractivity contribution is -0.114. The Morgan fingerprint density at radius 3 is 2.62 bits per heavy atom. The lowest BCUT2D eigenvalue weighted by Crippen LogP contribution is -2.27. The molecule has 6 nitrogen and oxygen atoms in total. The number of rotatable bonds is 8. The molecule has 0 spiro atoms. The van der Waals surface area contributed by atoms with Gasteiger partial charge in [0, 0.05) is 30.6 Å². The van der Waals surface area contributed by atoms with E-state index in [4.69, 9.17) is 4.74 Å². The summed E-state index contributed by atoms with van der Waals surface area (Å²) in [5, 5.41) is 8.69. The van der Waals surface area contributed by atoms with Crippen LogP contribution in [0.2, 0.25) is 0 Å². The van der Waals surface area contributed by atoms with Crippen molar-refractivity contribution >= 4 is 23.2 Å². The van der Waals surface area contributed by atoms with Crippen LogP contribution in [0.5, 0.6) is 0 Å². The highest BCUT2D eigenvalue weighted by atomic mass is 16.5. The van der Waals surface area contributed by atoms with Gasteiger partial charge in [-0.1, -0.05) is 23.8 Å². The molecule has 0 heterocycles. The SMILES string of the molecule is COCCNC(=O)c1cccc(NCC(=O)Nc2ccc(C)cc2C)c1. The Hall–Kier alpha value is -2.86. The van der Waals surface area contributed by atoms with E-state index < -0.39 is 0 Å². The zero-order valence-electron chi connectivity index (χ0n) is 15.4. The molecule has 2 amide bonds. The van der Waals surface area contributed by atoms with Gasteiger partial charge in [0.25, 0.3) is 5.91 Å². The molecule has 0 saturated heterocycles. The van der Waals surface area contributed by atoms with Gasteiger partial charge < -0.3 is 20.7 Å². The summed E-state index contributed by atoms with van der Waals surface area (Å²) in [7, 11) is 1.58. The predicted octanol–water partition coefficient (Wildman–Crippen LogP) is 2.73. The molecule has 26 heavy (non-hydrogen) atoms. The molecule has 2 aromatic carbocycles. The predicted molar refractivity (Wildman–Crippen MR) is 104 cm³/mol. The number of carbonyl (C=O) groups excluding carboxylic acids is 2. The van der Waals surface area contributed by atoms with Gasteiger partial charge >= 0.3 is 0 Å². The molecule has 0 bridgehead atoms. The molecule has 0 aliphatic carbocycles. The largest absolute Gasteiger partial charge is 0.383 e. The molecule has 0 aliphatic heterocycles. The third-order valence-corrected chi connectivity index (χ3v) is 3.83. The molecule has 3 N–H and O–H groups in total. The smallest absolute Gasteiger partial charge is 0.251 e. The van der Waals surface area contributed by atoms with Crippen LogP contribution in [-0.2, 0) is 9.53 Å². The second-order valence-corrected chi connectivity index (χ2v) is 6.05. The van der Waals surface area contributed by atoms with Crippen molar-refractivity contribution in [3.05, 3.63) is 59.2 Å². The molecule has 0 atom stereocenters. The van der Waals surface area contributed by atoms with Crippen LogP contribution in [0.1, 0.15) is 21.5 Å². The molecule has 0 aliphatic rings. The standard InChI is InChI=1S/C20H25N3O3/c1-14-7-8-18(15(2)11-14)23-19(24)13-22-17-6-4-5-16(12-17)20(25)21-9-10-26-3/h4-8,11-12,22H,9-10,13H2,1-3H3,(H,21,25)(H,23,24). The van der Waals surface area contributed by atoms with E-state index in [0.717, 1.165) is 16.8 Å². The lowest BCUT2D eigenvalue weighted by atomic mass is 10.1. The Labute approximate surface area is 153 Å². The number of ether oxygens (including phenoxy) is 1. The molecule has 0 fully saturated rings. The van der Waals surface area contributed by atoms with Crippen molar-refractivity contribution in [2.24, 2.45) is 0 Å². The van der Waals surface area contributed by atoms with E-state index in [2.05, 4.69) is 16.0 Å². The van der Waals surface area contributed by atoms with E-state index in [1.807, 2.05) is 38.1 Å². The number of aryl methyl sites for hydroxylation is 2. The van der Waals surface area contributed by atoms with Crippen LogP contribution in [0.15, 0.2) is 42.5 Å². The Balaban J connectivity index is 1.89. The zero-order chi connectivity index (χ0) is 18.9. The molecule has 0 radical (unpaired) electrons. The van der Waals surface area contributed by atoms with Crippen LogP contribution in [-0.4, -0.2) is 38.6 Å². The molecular weight excluding hydrogens is 330 g/mol. The maximum atomic E-state index is 12.1. The van der Waals surface area contributed by atoms with E-state index in [1.54, 1.807) is 25.3 Å². The summed E-state index contributed by atoms with van der Waals surface area (Å²) in [6.45, 7) is 5.00. The number of nitrogens with one attached hydrogen (secondary N) is 3. The average Bonchev–Trinajstić information content (AvgIpc) is 2.63. The fourth-order valence-electron chi connectivity index (χ4n) is 2.47. The van der Waals surface area contributed by atoms with Gasteiger partial charge in [0.15, 0.2) is 0 Å². The summed E-state index contributed by atoms with van der Waals surface area (Å²) in [5.41, 5.74) is 4.21. The summed E-state index contributed by atoms with van der Waals surface area (Å²) in [6, 6.07) is 12.9. The fraction of sp³-hybridized carbons (Fsp3) is 0.300. The van der Waals surface area contributed by atoms with E-state index in [1.165, 1.54) is 0 Å².